The molecule has 0 aliphatic carbocycles. The van der Waals surface area contributed by atoms with Gasteiger partial charge < -0.3 is 19.9 Å². The van der Waals surface area contributed by atoms with E-state index in [0.29, 0.717) is 37.7 Å². The van der Waals surface area contributed by atoms with Crippen LogP contribution in [0.1, 0.15) is 10.4 Å². The van der Waals surface area contributed by atoms with Gasteiger partial charge in [0.05, 0.1) is 25.9 Å². The second-order valence-electron chi connectivity index (χ2n) is 3.27. The molecule has 0 aromatic heterocycles. The quantitative estimate of drug-likeness (QED) is 0.599. The van der Waals surface area contributed by atoms with Crippen molar-refractivity contribution in [1.29, 1.82) is 0 Å². The summed E-state index contributed by atoms with van der Waals surface area (Å²) in [5.41, 5.74) is 5.77. The van der Waals surface area contributed by atoms with Crippen LogP contribution in [0.4, 0.5) is 0 Å². The molecule has 6 heteroatoms. The summed E-state index contributed by atoms with van der Waals surface area (Å²) in [6.07, 6.45) is 0. The van der Waals surface area contributed by atoms with Crippen LogP contribution >= 0.6 is 12.4 Å². The van der Waals surface area contributed by atoms with Crippen molar-refractivity contribution in [2.45, 2.75) is 0 Å². The van der Waals surface area contributed by atoms with E-state index < -0.39 is 0 Å². The Bertz CT molecular complexity index is 342. The van der Waals surface area contributed by atoms with Crippen molar-refractivity contribution in [2.75, 3.05) is 33.5 Å². The normalized spacial score (nSPS) is 9.44. The molecule has 0 saturated carbocycles. The maximum absolute atomic E-state index is 11.2. The van der Waals surface area contributed by atoms with Crippen LogP contribution in [-0.4, -0.2) is 39.4 Å². The number of carbonyl (C=O) groups is 1. The number of hydrogen-bond acceptors (Lipinski definition) is 5. The molecule has 0 saturated heterocycles. The summed E-state index contributed by atoms with van der Waals surface area (Å²) in [6.45, 7) is 1.99. The number of esters is 1. The zero-order chi connectivity index (χ0) is 12.5. The number of rotatable bonds is 7. The van der Waals surface area contributed by atoms with Gasteiger partial charge in [-0.25, -0.2) is 4.79 Å². The lowest BCUT2D eigenvalue weighted by atomic mass is 10.2. The molecule has 2 N–H and O–H groups in total. The summed E-state index contributed by atoms with van der Waals surface area (Å²) in [7, 11) is 1.35. The average molecular weight is 276 g/mol. The van der Waals surface area contributed by atoms with Crippen molar-refractivity contribution < 1.29 is 19.0 Å². The van der Waals surface area contributed by atoms with Gasteiger partial charge in [0.25, 0.3) is 0 Å². The summed E-state index contributed by atoms with van der Waals surface area (Å²) in [6, 6.07) is 6.74. The van der Waals surface area contributed by atoms with Crippen LogP contribution in [0, 0.1) is 0 Å². The molecule has 0 spiro atoms. The molecular weight excluding hydrogens is 258 g/mol. The molecule has 5 nitrogen and oxygen atoms in total. The van der Waals surface area contributed by atoms with Crippen LogP contribution in [0.15, 0.2) is 24.3 Å². The number of ether oxygens (including phenoxy) is 3. The summed E-state index contributed by atoms with van der Waals surface area (Å²) in [5, 5.41) is 0. The Kier molecular flexibility index (Phi) is 9.00. The summed E-state index contributed by atoms with van der Waals surface area (Å²) in [4.78, 5) is 11.2. The standard InChI is InChI=1S/C12H17NO4.ClH/c1-15-12(14)10-2-4-11(5-3-10)17-9-8-16-7-6-13;/h2-5H,6-9,13H2,1H3;1H. The zero-order valence-electron chi connectivity index (χ0n) is 10.3. The summed E-state index contributed by atoms with van der Waals surface area (Å²) >= 11 is 0. The third kappa shape index (κ3) is 5.86. The topological polar surface area (TPSA) is 70.8 Å². The Morgan fingerprint density at radius 3 is 2.39 bits per heavy atom. The highest BCUT2D eigenvalue weighted by Crippen LogP contribution is 2.12. The number of carbonyl (C=O) groups excluding carboxylic acids is 1. The smallest absolute Gasteiger partial charge is 0.337 e. The first-order valence-electron chi connectivity index (χ1n) is 5.37. The van der Waals surface area contributed by atoms with Gasteiger partial charge in [-0.05, 0) is 24.3 Å². The highest BCUT2D eigenvalue weighted by atomic mass is 35.5. The molecular formula is C12H18ClNO4. The van der Waals surface area contributed by atoms with E-state index in [1.165, 1.54) is 7.11 Å². The maximum atomic E-state index is 11.2. The SMILES string of the molecule is COC(=O)c1ccc(OCCOCCN)cc1.Cl. The average Bonchev–Trinajstić information content (AvgIpc) is 2.38. The van der Waals surface area contributed by atoms with E-state index in [9.17, 15) is 4.79 Å². The largest absolute Gasteiger partial charge is 0.491 e. The number of benzene rings is 1. The third-order valence-electron chi connectivity index (χ3n) is 2.03. The molecule has 1 aromatic rings. The summed E-state index contributed by atoms with van der Waals surface area (Å²) < 4.78 is 15.2. The highest BCUT2D eigenvalue weighted by Gasteiger charge is 2.04. The van der Waals surface area contributed by atoms with E-state index >= 15 is 0 Å². The van der Waals surface area contributed by atoms with Crippen molar-refractivity contribution in [3.8, 4) is 5.75 Å². The first-order valence-corrected chi connectivity index (χ1v) is 5.37. The molecule has 0 fully saturated rings. The Balaban J connectivity index is 0.00000289. The van der Waals surface area contributed by atoms with Crippen molar-refractivity contribution in [3.05, 3.63) is 29.8 Å². The number of halogens is 1. The predicted molar refractivity (Wildman–Crippen MR) is 70.4 cm³/mol. The second-order valence-corrected chi connectivity index (χ2v) is 3.27. The van der Waals surface area contributed by atoms with Crippen molar-refractivity contribution in [3.63, 3.8) is 0 Å². The minimum Gasteiger partial charge on any atom is -0.491 e. The van der Waals surface area contributed by atoms with Crippen LogP contribution < -0.4 is 10.5 Å². The molecule has 0 heterocycles. The molecule has 0 radical (unpaired) electrons. The van der Waals surface area contributed by atoms with Gasteiger partial charge in [0.15, 0.2) is 0 Å². The van der Waals surface area contributed by atoms with Crippen LogP contribution in [0.25, 0.3) is 0 Å². The molecule has 1 rings (SSSR count). The maximum Gasteiger partial charge on any atom is 0.337 e. The second kappa shape index (κ2) is 9.70. The monoisotopic (exact) mass is 275 g/mol. The minimum absolute atomic E-state index is 0. The predicted octanol–water partition coefficient (Wildman–Crippen LogP) is 1.25. The van der Waals surface area contributed by atoms with E-state index in [4.69, 9.17) is 15.2 Å². The van der Waals surface area contributed by atoms with E-state index in [2.05, 4.69) is 4.74 Å². The first-order chi connectivity index (χ1) is 8.27. The lowest BCUT2D eigenvalue weighted by Gasteiger charge is -2.07. The molecule has 0 aliphatic rings. The molecule has 18 heavy (non-hydrogen) atoms. The number of nitrogens with two attached hydrogens (primary N) is 1. The van der Waals surface area contributed by atoms with Crippen LogP contribution in [0.5, 0.6) is 5.75 Å². The van der Waals surface area contributed by atoms with Crippen LogP contribution in [0.3, 0.4) is 0 Å². The van der Waals surface area contributed by atoms with E-state index in [1.54, 1.807) is 24.3 Å². The molecule has 102 valence electrons. The van der Waals surface area contributed by atoms with Gasteiger partial charge in [0.2, 0.25) is 0 Å². The van der Waals surface area contributed by atoms with Gasteiger partial charge >= 0.3 is 5.97 Å². The first kappa shape index (κ1) is 16.7. The lowest BCUT2D eigenvalue weighted by molar-refractivity contribution is 0.0600. The van der Waals surface area contributed by atoms with Crippen molar-refractivity contribution in [2.24, 2.45) is 5.73 Å². The van der Waals surface area contributed by atoms with Gasteiger partial charge in [-0.3, -0.25) is 0 Å². The highest BCUT2D eigenvalue weighted by molar-refractivity contribution is 5.89. The van der Waals surface area contributed by atoms with Crippen LogP contribution in [-0.2, 0) is 9.47 Å². The Morgan fingerprint density at radius 2 is 1.83 bits per heavy atom. The molecule has 0 unspecified atom stereocenters. The lowest BCUT2D eigenvalue weighted by Crippen LogP contribution is -2.13. The zero-order valence-corrected chi connectivity index (χ0v) is 11.1. The van der Waals surface area contributed by atoms with Crippen molar-refractivity contribution in [1.82, 2.24) is 0 Å². The Hall–Kier alpha value is -1.30. The Morgan fingerprint density at radius 1 is 1.17 bits per heavy atom. The van der Waals surface area contributed by atoms with Crippen molar-refractivity contribution >= 4 is 18.4 Å². The van der Waals surface area contributed by atoms with Gasteiger partial charge in [-0.2, -0.15) is 0 Å². The van der Waals surface area contributed by atoms with Gasteiger partial charge in [-0.1, -0.05) is 0 Å². The molecule has 0 amide bonds. The van der Waals surface area contributed by atoms with E-state index in [-0.39, 0.29) is 18.4 Å². The van der Waals surface area contributed by atoms with Gasteiger partial charge in [-0.15, -0.1) is 12.4 Å². The number of methoxy groups -OCH3 is 1. The van der Waals surface area contributed by atoms with E-state index in [1.807, 2.05) is 0 Å². The molecule has 0 aliphatic heterocycles. The molecule has 0 atom stereocenters. The van der Waals surface area contributed by atoms with Gasteiger partial charge in [0, 0.05) is 6.54 Å². The fourth-order valence-corrected chi connectivity index (χ4v) is 1.21. The molecule has 1 aromatic carbocycles. The number of hydrogen-bond donors (Lipinski definition) is 1. The Labute approximate surface area is 113 Å². The fraction of sp³-hybridized carbons (Fsp3) is 0.417. The fourth-order valence-electron chi connectivity index (χ4n) is 1.21. The summed E-state index contributed by atoms with van der Waals surface area (Å²) in [5.74, 6) is 0.330. The van der Waals surface area contributed by atoms with Crippen LogP contribution in [0.2, 0.25) is 0 Å². The molecule has 0 bridgehead atoms. The third-order valence-corrected chi connectivity index (χ3v) is 2.03. The van der Waals surface area contributed by atoms with E-state index in [0.717, 1.165) is 0 Å². The minimum atomic E-state index is -0.358. The van der Waals surface area contributed by atoms with Gasteiger partial charge in [0.1, 0.15) is 12.4 Å².